The van der Waals surface area contributed by atoms with E-state index in [2.05, 4.69) is 10.3 Å². The molecule has 30 heavy (non-hydrogen) atoms. The number of nitrogens with zero attached hydrogens (tertiary/aromatic N) is 2. The Morgan fingerprint density at radius 2 is 1.87 bits per heavy atom. The number of hydrogen-bond donors (Lipinski definition) is 1. The van der Waals surface area contributed by atoms with Gasteiger partial charge in [-0.1, -0.05) is 24.3 Å². The lowest BCUT2D eigenvalue weighted by atomic mass is 9.90. The molecule has 0 bridgehead atoms. The third kappa shape index (κ3) is 3.05. The van der Waals surface area contributed by atoms with Gasteiger partial charge in [0.2, 0.25) is 0 Å². The summed E-state index contributed by atoms with van der Waals surface area (Å²) in [6.07, 6.45) is 6.89. The maximum atomic E-state index is 13.8. The highest BCUT2D eigenvalue weighted by atomic mass is 32.2. The monoisotopic (exact) mass is 421 g/mol. The molecule has 4 aromatic rings. The van der Waals surface area contributed by atoms with Gasteiger partial charge in [-0.15, -0.1) is 0 Å². The van der Waals surface area contributed by atoms with E-state index in [9.17, 15) is 8.42 Å². The molecule has 1 saturated heterocycles. The number of pyridine rings is 1. The summed E-state index contributed by atoms with van der Waals surface area (Å²) in [7, 11) is -2.21. The quantitative estimate of drug-likeness (QED) is 0.541. The van der Waals surface area contributed by atoms with E-state index in [1.54, 1.807) is 19.5 Å². The van der Waals surface area contributed by atoms with Gasteiger partial charge in [-0.2, -0.15) is 0 Å². The first-order chi connectivity index (χ1) is 14.6. The average molecular weight is 422 g/mol. The van der Waals surface area contributed by atoms with E-state index in [1.807, 2.05) is 42.5 Å². The molecule has 0 amide bonds. The van der Waals surface area contributed by atoms with E-state index in [-0.39, 0.29) is 4.90 Å². The molecule has 2 aromatic heterocycles. The molecule has 1 aliphatic heterocycles. The Balaban J connectivity index is 1.75. The van der Waals surface area contributed by atoms with Crippen molar-refractivity contribution in [3.63, 3.8) is 0 Å². The van der Waals surface area contributed by atoms with Gasteiger partial charge in [0.15, 0.2) is 0 Å². The summed E-state index contributed by atoms with van der Waals surface area (Å²) < 4.78 is 34.4. The van der Waals surface area contributed by atoms with Gasteiger partial charge in [0.25, 0.3) is 10.0 Å². The fraction of sp³-hybridized carbons (Fsp3) is 0.261. The third-order valence-corrected chi connectivity index (χ3v) is 7.66. The predicted octanol–water partition coefficient (Wildman–Crippen LogP) is 3.90. The first-order valence-electron chi connectivity index (χ1n) is 10.1. The summed E-state index contributed by atoms with van der Waals surface area (Å²) in [5.41, 5.74) is 1.72. The van der Waals surface area contributed by atoms with Crippen molar-refractivity contribution >= 4 is 31.7 Å². The van der Waals surface area contributed by atoms with Crippen LogP contribution in [0.5, 0.6) is 5.75 Å². The first kappa shape index (κ1) is 19.1. The van der Waals surface area contributed by atoms with Crippen molar-refractivity contribution in [3.05, 3.63) is 66.6 Å². The smallest absolute Gasteiger partial charge is 0.270 e. The van der Waals surface area contributed by atoms with Crippen molar-refractivity contribution in [2.24, 2.45) is 0 Å². The highest BCUT2D eigenvalue weighted by Gasteiger charge is 2.27. The van der Waals surface area contributed by atoms with Crippen LogP contribution in [0, 0.1) is 0 Å². The van der Waals surface area contributed by atoms with E-state index in [0.29, 0.717) is 16.8 Å². The second kappa shape index (κ2) is 7.41. The average Bonchev–Trinajstić information content (AvgIpc) is 3.19. The molecule has 0 atom stereocenters. The number of piperidine rings is 1. The Hall–Kier alpha value is -2.90. The van der Waals surface area contributed by atoms with Gasteiger partial charge in [-0.25, -0.2) is 12.4 Å². The summed E-state index contributed by atoms with van der Waals surface area (Å²) in [6.45, 7) is 1.86. The van der Waals surface area contributed by atoms with Crippen LogP contribution in [0.25, 0.3) is 21.7 Å². The van der Waals surface area contributed by atoms with Crippen LogP contribution in [0.1, 0.15) is 24.3 Å². The molecule has 0 radical (unpaired) electrons. The highest BCUT2D eigenvalue weighted by Crippen LogP contribution is 2.37. The third-order valence-electron chi connectivity index (χ3n) is 5.96. The minimum Gasteiger partial charge on any atom is -0.497 e. The van der Waals surface area contributed by atoms with Gasteiger partial charge in [-0.05, 0) is 55.6 Å². The number of nitrogens with one attached hydrogen (secondary N) is 1. The second-order valence-electron chi connectivity index (χ2n) is 7.65. The highest BCUT2D eigenvalue weighted by molar-refractivity contribution is 7.90. The molecule has 5 rings (SSSR count). The number of fused-ring (bicyclic) bond motifs is 2. The molecule has 1 aliphatic rings. The fourth-order valence-electron chi connectivity index (χ4n) is 4.39. The lowest BCUT2D eigenvalue weighted by Gasteiger charge is -2.22. The Bertz CT molecular complexity index is 1330. The lowest BCUT2D eigenvalue weighted by Crippen LogP contribution is -2.26. The van der Waals surface area contributed by atoms with E-state index >= 15 is 0 Å². The fourth-order valence-corrected chi connectivity index (χ4v) is 5.93. The molecule has 1 N–H and O–H groups in total. The Morgan fingerprint density at radius 1 is 1.07 bits per heavy atom. The van der Waals surface area contributed by atoms with Gasteiger partial charge in [0.05, 0.1) is 12.6 Å². The van der Waals surface area contributed by atoms with Crippen LogP contribution >= 0.6 is 0 Å². The number of aromatic nitrogens is 2. The molecule has 3 heterocycles. The first-order valence-corrected chi connectivity index (χ1v) is 11.5. The van der Waals surface area contributed by atoms with Gasteiger partial charge in [-0.3, -0.25) is 4.98 Å². The van der Waals surface area contributed by atoms with Crippen molar-refractivity contribution in [2.75, 3.05) is 20.2 Å². The summed E-state index contributed by atoms with van der Waals surface area (Å²) in [5.74, 6) is 1.03. The van der Waals surface area contributed by atoms with E-state index < -0.39 is 10.0 Å². The molecular formula is C23H23N3O3S. The molecule has 1 fully saturated rings. The van der Waals surface area contributed by atoms with Crippen molar-refractivity contribution in [1.29, 1.82) is 0 Å². The molecule has 7 heteroatoms. The van der Waals surface area contributed by atoms with Gasteiger partial charge in [0, 0.05) is 34.7 Å². The maximum Gasteiger partial charge on any atom is 0.270 e. The SMILES string of the molecule is COc1ccc2c(c1)c(C1CCNCC1)cn2S(=O)(=O)c1cncc2ccccc12. The number of benzene rings is 2. The number of ether oxygens (including phenoxy) is 1. The molecule has 0 unspecified atom stereocenters. The van der Waals surface area contributed by atoms with Gasteiger partial charge < -0.3 is 10.1 Å². The molecule has 6 nitrogen and oxygen atoms in total. The molecule has 0 spiro atoms. The van der Waals surface area contributed by atoms with Crippen molar-refractivity contribution in [1.82, 2.24) is 14.3 Å². The van der Waals surface area contributed by atoms with Gasteiger partial charge in [0.1, 0.15) is 10.6 Å². The molecule has 2 aromatic carbocycles. The number of methoxy groups -OCH3 is 1. The molecule has 154 valence electrons. The minimum absolute atomic E-state index is 0.213. The normalized spacial score (nSPS) is 15.6. The zero-order chi connectivity index (χ0) is 20.7. The molecule has 0 aliphatic carbocycles. The number of rotatable bonds is 4. The topological polar surface area (TPSA) is 73.2 Å². The van der Waals surface area contributed by atoms with Crippen LogP contribution in [0.4, 0.5) is 0 Å². The van der Waals surface area contributed by atoms with Crippen LogP contribution in [0.3, 0.4) is 0 Å². The van der Waals surface area contributed by atoms with Gasteiger partial charge >= 0.3 is 0 Å². The van der Waals surface area contributed by atoms with Crippen molar-refractivity contribution in [2.45, 2.75) is 23.7 Å². The predicted molar refractivity (Wildman–Crippen MR) is 118 cm³/mol. The molecular weight excluding hydrogens is 398 g/mol. The maximum absolute atomic E-state index is 13.8. The number of hydrogen-bond acceptors (Lipinski definition) is 5. The summed E-state index contributed by atoms with van der Waals surface area (Å²) in [6, 6.07) is 13.0. The Kier molecular flexibility index (Phi) is 4.72. The van der Waals surface area contributed by atoms with Crippen LogP contribution in [0.2, 0.25) is 0 Å². The van der Waals surface area contributed by atoms with Crippen LogP contribution in [-0.2, 0) is 10.0 Å². The lowest BCUT2D eigenvalue weighted by molar-refractivity contribution is 0.415. The zero-order valence-corrected chi connectivity index (χ0v) is 17.5. The Morgan fingerprint density at radius 3 is 2.67 bits per heavy atom. The van der Waals surface area contributed by atoms with E-state index in [1.165, 1.54) is 10.2 Å². The largest absolute Gasteiger partial charge is 0.497 e. The van der Waals surface area contributed by atoms with Crippen molar-refractivity contribution < 1.29 is 13.2 Å². The summed E-state index contributed by atoms with van der Waals surface area (Å²) in [5, 5.41) is 5.78. The Labute approximate surface area is 175 Å². The van der Waals surface area contributed by atoms with E-state index in [0.717, 1.165) is 48.0 Å². The van der Waals surface area contributed by atoms with Crippen LogP contribution < -0.4 is 10.1 Å². The van der Waals surface area contributed by atoms with Crippen LogP contribution in [0.15, 0.2) is 66.0 Å². The standard InChI is InChI=1S/C23H23N3O3S/c1-29-18-6-7-22-20(12-18)21(16-8-10-24-11-9-16)15-26(22)30(27,28)23-14-25-13-17-4-2-3-5-19(17)23/h2-7,12-16,24H,8-11H2,1H3. The summed E-state index contributed by atoms with van der Waals surface area (Å²) >= 11 is 0. The van der Waals surface area contributed by atoms with Crippen molar-refractivity contribution in [3.8, 4) is 5.75 Å². The van der Waals surface area contributed by atoms with E-state index in [4.69, 9.17) is 4.74 Å². The van der Waals surface area contributed by atoms with Crippen LogP contribution in [-0.4, -0.2) is 37.6 Å². The molecule has 0 saturated carbocycles. The summed E-state index contributed by atoms with van der Waals surface area (Å²) in [4.78, 5) is 4.40. The zero-order valence-electron chi connectivity index (χ0n) is 16.7. The minimum atomic E-state index is -3.83. The second-order valence-corrected chi connectivity index (χ2v) is 9.43.